The molecule has 45 heavy (non-hydrogen) atoms. The Bertz CT molecular complexity index is 1500. The summed E-state index contributed by atoms with van der Waals surface area (Å²) in [4.78, 5) is 25.0. The molecule has 0 fully saturated rings. The number of rotatable bonds is 16. The number of benzene rings is 4. The molecule has 4 aromatic rings. The van der Waals surface area contributed by atoms with Crippen molar-refractivity contribution in [2.45, 2.75) is 51.7 Å². The van der Waals surface area contributed by atoms with Gasteiger partial charge < -0.3 is 30.5 Å². The molecule has 0 saturated heterocycles. The third kappa shape index (κ3) is 11.7. The van der Waals surface area contributed by atoms with E-state index in [1.54, 1.807) is 6.07 Å². The van der Waals surface area contributed by atoms with E-state index in [0.717, 1.165) is 23.1 Å². The minimum absolute atomic E-state index is 0.0662. The van der Waals surface area contributed by atoms with Crippen molar-refractivity contribution in [2.75, 3.05) is 13.1 Å². The van der Waals surface area contributed by atoms with Gasteiger partial charge in [-0.25, -0.2) is 9.18 Å². The van der Waals surface area contributed by atoms with Crippen LogP contribution in [0.2, 0.25) is 0 Å². The molecular formula is C36H40FN3O5. The maximum atomic E-state index is 14.6. The van der Waals surface area contributed by atoms with Crippen LogP contribution in [0.5, 0.6) is 5.75 Å². The van der Waals surface area contributed by atoms with Crippen molar-refractivity contribution in [1.29, 1.82) is 0 Å². The van der Waals surface area contributed by atoms with E-state index < -0.39 is 30.0 Å². The standard InChI is InChI=1S/C36H40FN3O5/c1-2-26-14-9-15-29(16-26)21-38-22-34(41)33(40-35(42)23-39-36(43)45-25-28-12-7-4-8-13-28)19-30-17-31(37)20-32(18-30)44-24-27-10-5-3-6-11-27/h3-18,20,33-34,38,41H,2,19,21-25H2,1H3,(H,39,43)(H,40,42)/t33-,34+/m0/s1. The van der Waals surface area contributed by atoms with E-state index in [-0.39, 0.29) is 32.7 Å². The molecule has 0 radical (unpaired) electrons. The SMILES string of the molecule is CCc1cccc(CNC[C@@H](O)[C@H](Cc2cc(F)cc(OCc3ccccc3)c2)NC(=O)CNC(=O)OCc2ccccc2)c1. The molecule has 4 rings (SSSR count). The molecule has 4 N–H and O–H groups in total. The number of hydrogen-bond donors (Lipinski definition) is 4. The predicted molar refractivity (Wildman–Crippen MR) is 171 cm³/mol. The Balaban J connectivity index is 1.37. The fraction of sp³-hybridized carbons (Fsp3) is 0.278. The molecular weight excluding hydrogens is 573 g/mol. The van der Waals surface area contributed by atoms with E-state index in [1.807, 2.05) is 72.8 Å². The van der Waals surface area contributed by atoms with Gasteiger partial charge in [-0.15, -0.1) is 0 Å². The minimum atomic E-state index is -1.02. The smallest absolute Gasteiger partial charge is 0.407 e. The summed E-state index contributed by atoms with van der Waals surface area (Å²) >= 11 is 0. The Morgan fingerprint density at radius 2 is 1.47 bits per heavy atom. The van der Waals surface area contributed by atoms with Crippen LogP contribution >= 0.6 is 0 Å². The third-order valence-corrected chi connectivity index (χ3v) is 7.13. The van der Waals surface area contributed by atoms with Crippen molar-refractivity contribution in [2.24, 2.45) is 0 Å². The highest BCUT2D eigenvalue weighted by Crippen LogP contribution is 2.20. The van der Waals surface area contributed by atoms with Crippen LogP contribution in [0.3, 0.4) is 0 Å². The first-order valence-corrected chi connectivity index (χ1v) is 15.0. The van der Waals surface area contributed by atoms with Gasteiger partial charge in [0.25, 0.3) is 0 Å². The van der Waals surface area contributed by atoms with Crippen LogP contribution in [0.25, 0.3) is 0 Å². The maximum Gasteiger partial charge on any atom is 0.407 e. The van der Waals surface area contributed by atoms with E-state index in [4.69, 9.17) is 9.47 Å². The molecule has 236 valence electrons. The fourth-order valence-corrected chi connectivity index (χ4v) is 4.75. The van der Waals surface area contributed by atoms with E-state index >= 15 is 0 Å². The molecule has 0 aliphatic carbocycles. The molecule has 0 bridgehead atoms. The van der Waals surface area contributed by atoms with Gasteiger partial charge in [0.2, 0.25) is 5.91 Å². The summed E-state index contributed by atoms with van der Waals surface area (Å²) in [6, 6.07) is 30.4. The number of hydrogen-bond acceptors (Lipinski definition) is 6. The van der Waals surface area contributed by atoms with E-state index in [2.05, 4.69) is 35.0 Å². The van der Waals surface area contributed by atoms with Crippen molar-refractivity contribution in [3.05, 3.63) is 137 Å². The summed E-state index contributed by atoms with van der Waals surface area (Å²) < 4.78 is 25.6. The highest BCUT2D eigenvalue weighted by molar-refractivity contribution is 5.82. The van der Waals surface area contributed by atoms with Gasteiger partial charge in [0.1, 0.15) is 31.3 Å². The molecule has 9 heteroatoms. The van der Waals surface area contributed by atoms with Gasteiger partial charge >= 0.3 is 6.09 Å². The monoisotopic (exact) mass is 613 g/mol. The molecule has 0 aliphatic rings. The van der Waals surface area contributed by atoms with Crippen LogP contribution < -0.4 is 20.7 Å². The second-order valence-electron chi connectivity index (χ2n) is 10.7. The summed E-state index contributed by atoms with van der Waals surface area (Å²) in [6.45, 7) is 2.76. The Morgan fingerprint density at radius 3 is 2.18 bits per heavy atom. The number of carbonyl (C=O) groups excluding carboxylic acids is 2. The zero-order valence-electron chi connectivity index (χ0n) is 25.4. The highest BCUT2D eigenvalue weighted by Gasteiger charge is 2.23. The van der Waals surface area contributed by atoms with Crippen molar-refractivity contribution in [3.8, 4) is 5.75 Å². The van der Waals surface area contributed by atoms with Crippen LogP contribution in [0.4, 0.5) is 9.18 Å². The lowest BCUT2D eigenvalue weighted by Gasteiger charge is -2.25. The first-order chi connectivity index (χ1) is 21.9. The van der Waals surface area contributed by atoms with Crippen LogP contribution in [0, 0.1) is 5.82 Å². The fourth-order valence-electron chi connectivity index (χ4n) is 4.75. The third-order valence-electron chi connectivity index (χ3n) is 7.13. The van der Waals surface area contributed by atoms with Crippen LogP contribution in [-0.2, 0) is 42.1 Å². The largest absolute Gasteiger partial charge is 0.489 e. The van der Waals surface area contributed by atoms with Crippen LogP contribution in [0.1, 0.15) is 34.7 Å². The first-order valence-electron chi connectivity index (χ1n) is 15.0. The number of ether oxygens (including phenoxy) is 2. The Kier molecular flexibility index (Phi) is 12.9. The van der Waals surface area contributed by atoms with Crippen molar-refractivity contribution < 1.29 is 28.6 Å². The molecule has 0 saturated carbocycles. The zero-order valence-corrected chi connectivity index (χ0v) is 25.4. The van der Waals surface area contributed by atoms with Crippen molar-refractivity contribution in [1.82, 2.24) is 16.0 Å². The van der Waals surface area contributed by atoms with E-state index in [9.17, 15) is 19.1 Å². The molecule has 0 aromatic heterocycles. The predicted octanol–water partition coefficient (Wildman–Crippen LogP) is 5.07. The lowest BCUT2D eigenvalue weighted by atomic mass is 10.00. The number of aliphatic hydroxyl groups is 1. The van der Waals surface area contributed by atoms with Crippen LogP contribution in [-0.4, -0.2) is 42.3 Å². The van der Waals surface area contributed by atoms with Crippen molar-refractivity contribution >= 4 is 12.0 Å². The van der Waals surface area contributed by atoms with Gasteiger partial charge in [0.05, 0.1) is 12.1 Å². The number of aryl methyl sites for hydroxylation is 1. The van der Waals surface area contributed by atoms with Gasteiger partial charge in [-0.3, -0.25) is 4.79 Å². The lowest BCUT2D eigenvalue weighted by Crippen LogP contribution is -2.51. The Hall–Kier alpha value is -4.73. The van der Waals surface area contributed by atoms with Gasteiger partial charge in [-0.1, -0.05) is 91.9 Å². The van der Waals surface area contributed by atoms with Crippen LogP contribution in [0.15, 0.2) is 103 Å². The molecule has 8 nitrogen and oxygen atoms in total. The average molecular weight is 614 g/mol. The molecule has 0 unspecified atom stereocenters. The average Bonchev–Trinajstić information content (AvgIpc) is 3.06. The second-order valence-corrected chi connectivity index (χ2v) is 10.7. The highest BCUT2D eigenvalue weighted by atomic mass is 19.1. The molecule has 0 aliphatic heterocycles. The molecule has 0 heterocycles. The normalized spacial score (nSPS) is 12.2. The maximum absolute atomic E-state index is 14.6. The Labute approximate surface area is 263 Å². The number of halogens is 1. The summed E-state index contributed by atoms with van der Waals surface area (Å²) in [5, 5.41) is 19.6. The number of alkyl carbamates (subject to hydrolysis) is 1. The van der Waals surface area contributed by atoms with Gasteiger partial charge in [0, 0.05) is 19.2 Å². The summed E-state index contributed by atoms with van der Waals surface area (Å²) in [5.74, 6) is -0.680. The first kappa shape index (κ1) is 33.2. The quantitative estimate of drug-likeness (QED) is 0.141. The zero-order chi connectivity index (χ0) is 31.9. The number of carbonyl (C=O) groups is 2. The van der Waals surface area contributed by atoms with E-state index in [1.165, 1.54) is 17.7 Å². The Morgan fingerprint density at radius 1 is 0.800 bits per heavy atom. The second kappa shape index (κ2) is 17.5. The topological polar surface area (TPSA) is 109 Å². The van der Waals surface area contributed by atoms with Gasteiger partial charge in [-0.05, 0) is 52.8 Å². The number of aliphatic hydroxyl groups excluding tert-OH is 1. The summed E-state index contributed by atoms with van der Waals surface area (Å²) in [6.07, 6.45) is -0.723. The number of amides is 2. The molecule has 2 amide bonds. The van der Waals surface area contributed by atoms with E-state index in [0.29, 0.717) is 17.9 Å². The van der Waals surface area contributed by atoms with Gasteiger partial charge in [0.15, 0.2) is 0 Å². The summed E-state index contributed by atoms with van der Waals surface area (Å²) in [5.41, 5.74) is 4.58. The summed E-state index contributed by atoms with van der Waals surface area (Å²) in [7, 11) is 0. The van der Waals surface area contributed by atoms with Crippen molar-refractivity contribution in [3.63, 3.8) is 0 Å². The minimum Gasteiger partial charge on any atom is -0.489 e. The lowest BCUT2D eigenvalue weighted by molar-refractivity contribution is -0.121. The number of nitrogens with one attached hydrogen (secondary N) is 3. The molecule has 0 spiro atoms. The molecule has 4 aromatic carbocycles. The van der Waals surface area contributed by atoms with Gasteiger partial charge in [-0.2, -0.15) is 0 Å². The molecule has 2 atom stereocenters.